The molecule has 1 rings (SSSR count). The van der Waals surface area contributed by atoms with E-state index >= 15 is 0 Å². The molecule has 3 N–H and O–H groups in total. The van der Waals surface area contributed by atoms with Gasteiger partial charge in [0.25, 0.3) is 6.20 Å². The van der Waals surface area contributed by atoms with Gasteiger partial charge in [0, 0.05) is 25.4 Å². The molecule has 25 heavy (non-hydrogen) atoms. The number of nitrogens with zero attached hydrogens (tertiary/aromatic N) is 2. The van der Waals surface area contributed by atoms with Crippen LogP contribution in [0.25, 0.3) is 0 Å². The van der Waals surface area contributed by atoms with Crippen LogP contribution in [0, 0.1) is 10.1 Å². The highest BCUT2D eigenvalue weighted by Crippen LogP contribution is 2.15. The highest BCUT2D eigenvalue weighted by Gasteiger charge is 2.04. The lowest BCUT2D eigenvalue weighted by Crippen LogP contribution is -2.30. The van der Waals surface area contributed by atoms with Crippen molar-refractivity contribution >= 4 is 24.2 Å². The molecule has 0 radical (unpaired) electrons. The standard InChI is InChI=1S/C15H26N4O4S.ClH/c1-18(2)10-13-4-5-14(23-13)12-24-9-7-17-15(11-19(21)22)16-6-3-8-20;/h4-5,11,16-17,20H,3,6-10,12H2,1-2H3;1H/b15-11+;. The SMILES string of the molecule is CN(C)Cc1ccc(CSCCN/C(=C/[N+](=O)[O-])NCCCO)o1.Cl. The van der Waals surface area contributed by atoms with Crippen molar-refractivity contribution in [1.29, 1.82) is 0 Å². The van der Waals surface area contributed by atoms with Gasteiger partial charge in [0.1, 0.15) is 11.5 Å². The smallest absolute Gasteiger partial charge is 0.274 e. The summed E-state index contributed by atoms with van der Waals surface area (Å²) in [6.45, 7) is 1.91. The molecule has 0 spiro atoms. The number of furan rings is 1. The molecular formula is C15H27ClN4O4S. The molecule has 0 bridgehead atoms. The molecule has 0 fully saturated rings. The van der Waals surface area contributed by atoms with Gasteiger partial charge in [0.05, 0.1) is 17.2 Å². The van der Waals surface area contributed by atoms with Crippen LogP contribution in [0.1, 0.15) is 17.9 Å². The van der Waals surface area contributed by atoms with Gasteiger partial charge in [-0.15, -0.1) is 12.4 Å². The predicted octanol–water partition coefficient (Wildman–Crippen LogP) is 1.63. The summed E-state index contributed by atoms with van der Waals surface area (Å²) in [6, 6.07) is 3.96. The summed E-state index contributed by atoms with van der Waals surface area (Å²) in [5.74, 6) is 3.79. The second-order valence-electron chi connectivity index (χ2n) is 5.42. The molecule has 0 aliphatic carbocycles. The molecule has 1 aromatic rings. The Balaban J connectivity index is 0.00000576. The van der Waals surface area contributed by atoms with E-state index < -0.39 is 4.92 Å². The summed E-state index contributed by atoms with van der Waals surface area (Å²) >= 11 is 1.69. The van der Waals surface area contributed by atoms with E-state index in [9.17, 15) is 10.1 Å². The first-order valence-corrected chi connectivity index (χ1v) is 8.90. The quantitative estimate of drug-likeness (QED) is 0.263. The predicted molar refractivity (Wildman–Crippen MR) is 102 cm³/mol. The number of nitro groups is 1. The van der Waals surface area contributed by atoms with Gasteiger partial charge < -0.3 is 25.1 Å². The Morgan fingerprint density at radius 3 is 2.68 bits per heavy atom. The van der Waals surface area contributed by atoms with E-state index in [1.54, 1.807) is 11.8 Å². The molecule has 0 aliphatic rings. The minimum atomic E-state index is -0.503. The number of rotatable bonds is 13. The van der Waals surface area contributed by atoms with Gasteiger partial charge in [-0.3, -0.25) is 10.1 Å². The summed E-state index contributed by atoms with van der Waals surface area (Å²) in [6.07, 6.45) is 1.45. The van der Waals surface area contributed by atoms with Gasteiger partial charge >= 0.3 is 0 Å². The fraction of sp³-hybridized carbons (Fsp3) is 0.600. The maximum atomic E-state index is 10.6. The molecule has 8 nitrogen and oxygen atoms in total. The fourth-order valence-electron chi connectivity index (χ4n) is 1.89. The molecule has 1 aromatic heterocycles. The molecule has 10 heteroatoms. The Kier molecular flexibility index (Phi) is 13.0. The van der Waals surface area contributed by atoms with Crippen molar-refractivity contribution in [1.82, 2.24) is 15.5 Å². The zero-order chi connectivity index (χ0) is 17.8. The van der Waals surface area contributed by atoms with Crippen LogP contribution in [0.3, 0.4) is 0 Å². The zero-order valence-corrected chi connectivity index (χ0v) is 16.2. The van der Waals surface area contributed by atoms with Crippen molar-refractivity contribution in [2.45, 2.75) is 18.7 Å². The van der Waals surface area contributed by atoms with Crippen molar-refractivity contribution in [2.75, 3.05) is 39.5 Å². The van der Waals surface area contributed by atoms with Crippen LogP contribution in [0.2, 0.25) is 0 Å². The monoisotopic (exact) mass is 394 g/mol. The molecule has 0 unspecified atom stereocenters. The van der Waals surface area contributed by atoms with E-state index in [2.05, 4.69) is 10.6 Å². The summed E-state index contributed by atoms with van der Waals surface area (Å²) in [5, 5.41) is 25.2. The van der Waals surface area contributed by atoms with Crippen molar-refractivity contribution in [3.8, 4) is 0 Å². The van der Waals surface area contributed by atoms with Crippen LogP contribution in [-0.4, -0.2) is 54.5 Å². The maximum absolute atomic E-state index is 10.6. The first kappa shape index (κ1) is 23.6. The second kappa shape index (κ2) is 13.8. The topological polar surface area (TPSA) is 104 Å². The van der Waals surface area contributed by atoms with E-state index in [4.69, 9.17) is 9.52 Å². The lowest BCUT2D eigenvalue weighted by molar-refractivity contribution is -0.404. The third kappa shape index (κ3) is 11.7. The van der Waals surface area contributed by atoms with Gasteiger partial charge in [-0.2, -0.15) is 11.8 Å². The summed E-state index contributed by atoms with van der Waals surface area (Å²) in [4.78, 5) is 12.1. The average molecular weight is 395 g/mol. The van der Waals surface area contributed by atoms with E-state index in [-0.39, 0.29) is 19.0 Å². The summed E-state index contributed by atoms with van der Waals surface area (Å²) in [5.41, 5.74) is 0. The number of hydrogen-bond donors (Lipinski definition) is 3. The Hall–Kier alpha value is -1.42. The second-order valence-corrected chi connectivity index (χ2v) is 6.52. The van der Waals surface area contributed by atoms with Gasteiger partial charge in [0.2, 0.25) is 0 Å². The first-order chi connectivity index (χ1) is 11.5. The third-order valence-electron chi connectivity index (χ3n) is 2.88. The van der Waals surface area contributed by atoms with Gasteiger partial charge in [-0.1, -0.05) is 0 Å². The average Bonchev–Trinajstić information content (AvgIpc) is 2.93. The molecule has 0 saturated carbocycles. The fourth-order valence-corrected chi connectivity index (χ4v) is 2.64. The Bertz CT molecular complexity index is 525. The molecule has 0 amide bonds. The normalized spacial score (nSPS) is 11.3. The highest BCUT2D eigenvalue weighted by molar-refractivity contribution is 7.98. The maximum Gasteiger partial charge on any atom is 0.274 e. The van der Waals surface area contributed by atoms with Crippen LogP contribution in [0.4, 0.5) is 0 Å². The summed E-state index contributed by atoms with van der Waals surface area (Å²) in [7, 11) is 3.99. The summed E-state index contributed by atoms with van der Waals surface area (Å²) < 4.78 is 5.72. The lowest BCUT2D eigenvalue weighted by Gasteiger charge is -2.10. The minimum absolute atomic E-state index is 0. The number of aliphatic hydroxyl groups excluding tert-OH is 1. The Morgan fingerprint density at radius 2 is 2.04 bits per heavy atom. The van der Waals surface area contributed by atoms with E-state index in [0.29, 0.717) is 25.3 Å². The molecule has 144 valence electrons. The van der Waals surface area contributed by atoms with Crippen molar-refractivity contribution in [2.24, 2.45) is 0 Å². The van der Waals surface area contributed by atoms with E-state index in [1.165, 1.54) is 0 Å². The van der Waals surface area contributed by atoms with Gasteiger partial charge in [-0.25, -0.2) is 0 Å². The zero-order valence-electron chi connectivity index (χ0n) is 14.6. The number of halogens is 1. The lowest BCUT2D eigenvalue weighted by atomic mass is 10.4. The molecule has 1 heterocycles. The molecular weight excluding hydrogens is 368 g/mol. The number of hydrogen-bond acceptors (Lipinski definition) is 8. The van der Waals surface area contributed by atoms with Crippen molar-refractivity contribution in [3.05, 3.63) is 45.8 Å². The van der Waals surface area contributed by atoms with Crippen LogP contribution >= 0.6 is 24.2 Å². The highest BCUT2D eigenvalue weighted by atomic mass is 35.5. The van der Waals surface area contributed by atoms with Crippen LogP contribution in [-0.2, 0) is 12.3 Å². The van der Waals surface area contributed by atoms with Crippen LogP contribution < -0.4 is 10.6 Å². The van der Waals surface area contributed by atoms with Crippen molar-refractivity contribution in [3.63, 3.8) is 0 Å². The van der Waals surface area contributed by atoms with E-state index in [0.717, 1.165) is 35.8 Å². The van der Waals surface area contributed by atoms with Crippen LogP contribution in [0.5, 0.6) is 0 Å². The minimum Gasteiger partial charge on any atom is -0.464 e. The van der Waals surface area contributed by atoms with E-state index in [1.807, 2.05) is 31.1 Å². The number of aliphatic hydroxyl groups is 1. The number of thioether (sulfide) groups is 1. The molecule has 0 aromatic carbocycles. The van der Waals surface area contributed by atoms with Gasteiger partial charge in [-0.05, 0) is 32.6 Å². The van der Waals surface area contributed by atoms with Gasteiger partial charge in [0.15, 0.2) is 5.82 Å². The molecule has 0 aliphatic heterocycles. The third-order valence-corrected chi connectivity index (χ3v) is 3.86. The Morgan fingerprint density at radius 1 is 1.36 bits per heavy atom. The largest absolute Gasteiger partial charge is 0.464 e. The van der Waals surface area contributed by atoms with Crippen molar-refractivity contribution < 1.29 is 14.4 Å². The van der Waals surface area contributed by atoms with Crippen LogP contribution in [0.15, 0.2) is 28.6 Å². The number of nitrogens with one attached hydrogen (secondary N) is 2. The first-order valence-electron chi connectivity index (χ1n) is 7.75. The molecule has 0 saturated heterocycles. The Labute approximate surface area is 158 Å². The molecule has 0 atom stereocenters.